The maximum absolute atomic E-state index is 9.25. The van der Waals surface area contributed by atoms with Gasteiger partial charge in [0.2, 0.25) is 0 Å². The van der Waals surface area contributed by atoms with Crippen molar-refractivity contribution in [3.63, 3.8) is 0 Å². The van der Waals surface area contributed by atoms with Crippen molar-refractivity contribution in [2.24, 2.45) is 0 Å². The van der Waals surface area contributed by atoms with Crippen molar-refractivity contribution < 1.29 is 9.84 Å². The Hall–Kier alpha value is -0.860. The fraction of sp³-hybridized carbons (Fsp3) is 0.333. The van der Waals surface area contributed by atoms with Gasteiger partial charge in [-0.15, -0.1) is 0 Å². The molecule has 58 valence electrons. The van der Waals surface area contributed by atoms with Crippen molar-refractivity contribution in [1.29, 1.82) is 0 Å². The van der Waals surface area contributed by atoms with Crippen LogP contribution in [-0.4, -0.2) is 5.11 Å². The molecule has 0 aliphatic carbocycles. The Labute approximate surface area is 65.4 Å². The number of hydrogen-bond acceptors (Lipinski definition) is 2. The minimum atomic E-state index is -0.703. The molecule has 0 saturated heterocycles. The summed E-state index contributed by atoms with van der Waals surface area (Å²) in [5.41, 5.74) is 3.23. The number of benzene rings is 1. The van der Waals surface area contributed by atoms with E-state index >= 15 is 0 Å². The molecule has 2 heteroatoms. The summed E-state index contributed by atoms with van der Waals surface area (Å²) in [6.45, 7) is 2.57. The number of fused-ring (bicyclic) bond motifs is 1. The number of hydrogen-bond donors (Lipinski definition) is 1. The number of aliphatic hydroxyl groups is 1. The Kier molecular flexibility index (Phi) is 1.44. The molecule has 0 radical (unpaired) electrons. The van der Waals surface area contributed by atoms with Crippen molar-refractivity contribution in [1.82, 2.24) is 0 Å². The van der Waals surface area contributed by atoms with E-state index in [-0.39, 0.29) is 0 Å². The molecule has 1 N–H and O–H groups in total. The van der Waals surface area contributed by atoms with Crippen LogP contribution >= 0.6 is 0 Å². The summed E-state index contributed by atoms with van der Waals surface area (Å²) < 4.78 is 5.03. The summed E-state index contributed by atoms with van der Waals surface area (Å²) in [6.07, 6.45) is -0.703. The van der Waals surface area contributed by atoms with Crippen LogP contribution in [0.1, 0.15) is 23.0 Å². The highest BCUT2D eigenvalue weighted by atomic mass is 16.6. The second kappa shape index (κ2) is 2.32. The van der Waals surface area contributed by atoms with E-state index < -0.39 is 6.29 Å². The normalized spacial score (nSPS) is 21.8. The van der Waals surface area contributed by atoms with Gasteiger partial charge in [-0.25, -0.2) is 0 Å². The molecule has 1 aromatic rings. The van der Waals surface area contributed by atoms with E-state index in [4.69, 9.17) is 4.74 Å². The second-order valence-electron chi connectivity index (χ2n) is 2.87. The molecular formula is C9H10O2. The molecule has 0 bridgehead atoms. The fourth-order valence-corrected chi connectivity index (χ4v) is 1.36. The second-order valence-corrected chi connectivity index (χ2v) is 2.87. The van der Waals surface area contributed by atoms with E-state index in [1.165, 1.54) is 5.56 Å². The monoisotopic (exact) mass is 150 g/mol. The van der Waals surface area contributed by atoms with Gasteiger partial charge in [0.15, 0.2) is 6.29 Å². The van der Waals surface area contributed by atoms with Crippen LogP contribution in [0.25, 0.3) is 0 Å². The Morgan fingerprint density at radius 3 is 3.18 bits per heavy atom. The van der Waals surface area contributed by atoms with Crippen LogP contribution in [0.4, 0.5) is 0 Å². The van der Waals surface area contributed by atoms with E-state index in [1.54, 1.807) is 0 Å². The lowest BCUT2D eigenvalue weighted by atomic mass is 10.1. The number of aliphatic hydroxyl groups excluding tert-OH is 1. The molecule has 11 heavy (non-hydrogen) atoms. The van der Waals surface area contributed by atoms with Crippen molar-refractivity contribution >= 4 is 0 Å². The maximum Gasteiger partial charge on any atom is 0.181 e. The Morgan fingerprint density at radius 1 is 1.55 bits per heavy atom. The first-order valence-corrected chi connectivity index (χ1v) is 3.66. The average Bonchev–Trinajstić information content (AvgIpc) is 2.32. The highest BCUT2D eigenvalue weighted by Gasteiger charge is 2.19. The van der Waals surface area contributed by atoms with Gasteiger partial charge in [-0.2, -0.15) is 0 Å². The van der Waals surface area contributed by atoms with Crippen molar-refractivity contribution in [3.8, 4) is 0 Å². The van der Waals surface area contributed by atoms with Crippen LogP contribution in [-0.2, 0) is 11.3 Å². The van der Waals surface area contributed by atoms with Crippen LogP contribution in [0.5, 0.6) is 0 Å². The maximum atomic E-state index is 9.25. The minimum absolute atomic E-state index is 0.540. The molecule has 0 spiro atoms. The number of rotatable bonds is 0. The Morgan fingerprint density at radius 2 is 2.36 bits per heavy atom. The smallest absolute Gasteiger partial charge is 0.181 e. The van der Waals surface area contributed by atoms with Crippen molar-refractivity contribution in [2.75, 3.05) is 0 Å². The molecule has 1 aromatic carbocycles. The van der Waals surface area contributed by atoms with E-state index in [2.05, 4.69) is 0 Å². The fourth-order valence-electron chi connectivity index (χ4n) is 1.36. The van der Waals surface area contributed by atoms with Gasteiger partial charge in [0, 0.05) is 5.56 Å². The van der Waals surface area contributed by atoms with E-state index in [9.17, 15) is 5.11 Å². The van der Waals surface area contributed by atoms with Gasteiger partial charge in [-0.1, -0.05) is 23.8 Å². The van der Waals surface area contributed by atoms with Gasteiger partial charge >= 0.3 is 0 Å². The number of ether oxygens (including phenoxy) is 1. The lowest BCUT2D eigenvalue weighted by Gasteiger charge is -2.01. The van der Waals surface area contributed by atoms with Crippen LogP contribution < -0.4 is 0 Å². The molecule has 1 heterocycles. The molecule has 1 aliphatic heterocycles. The topological polar surface area (TPSA) is 29.5 Å². The van der Waals surface area contributed by atoms with E-state index in [1.807, 2.05) is 25.1 Å². The van der Waals surface area contributed by atoms with E-state index in [0.29, 0.717) is 6.61 Å². The summed E-state index contributed by atoms with van der Waals surface area (Å²) in [7, 11) is 0. The zero-order valence-electron chi connectivity index (χ0n) is 6.37. The molecule has 0 amide bonds. The molecule has 2 nitrogen and oxygen atoms in total. The minimum Gasteiger partial charge on any atom is -0.364 e. The zero-order chi connectivity index (χ0) is 7.84. The first-order valence-electron chi connectivity index (χ1n) is 3.66. The van der Waals surface area contributed by atoms with Gasteiger partial charge in [0.25, 0.3) is 0 Å². The molecular weight excluding hydrogens is 140 g/mol. The summed E-state index contributed by atoms with van der Waals surface area (Å²) in [6, 6.07) is 5.95. The van der Waals surface area contributed by atoms with Crippen molar-refractivity contribution in [2.45, 2.75) is 19.8 Å². The first-order chi connectivity index (χ1) is 5.27. The van der Waals surface area contributed by atoms with Crippen LogP contribution in [0.3, 0.4) is 0 Å². The third-order valence-electron chi connectivity index (χ3n) is 1.96. The molecule has 1 atom stereocenters. The third-order valence-corrected chi connectivity index (χ3v) is 1.96. The summed E-state index contributed by atoms with van der Waals surface area (Å²) in [4.78, 5) is 0. The van der Waals surface area contributed by atoms with Crippen LogP contribution in [0.2, 0.25) is 0 Å². The highest BCUT2D eigenvalue weighted by Crippen LogP contribution is 2.28. The molecule has 0 fully saturated rings. The lowest BCUT2D eigenvalue weighted by molar-refractivity contribution is -0.0918. The Balaban J connectivity index is 2.50. The Bertz CT molecular complexity index is 281. The van der Waals surface area contributed by atoms with Gasteiger partial charge in [-0.3, -0.25) is 0 Å². The molecule has 1 aliphatic rings. The predicted octanol–water partition coefficient (Wildman–Crippen LogP) is 1.52. The number of aryl methyl sites for hydroxylation is 1. The predicted molar refractivity (Wildman–Crippen MR) is 40.9 cm³/mol. The zero-order valence-corrected chi connectivity index (χ0v) is 6.37. The lowest BCUT2D eigenvalue weighted by Crippen LogP contribution is -1.91. The summed E-state index contributed by atoms with van der Waals surface area (Å²) >= 11 is 0. The van der Waals surface area contributed by atoms with Gasteiger partial charge < -0.3 is 9.84 Å². The molecule has 0 aromatic heterocycles. The van der Waals surface area contributed by atoms with Gasteiger partial charge in [0.05, 0.1) is 6.61 Å². The average molecular weight is 150 g/mol. The molecule has 2 rings (SSSR count). The largest absolute Gasteiger partial charge is 0.364 e. The molecule has 0 unspecified atom stereocenters. The first kappa shape index (κ1) is 6.83. The van der Waals surface area contributed by atoms with Crippen LogP contribution in [0, 0.1) is 6.92 Å². The van der Waals surface area contributed by atoms with E-state index in [0.717, 1.165) is 11.1 Å². The van der Waals surface area contributed by atoms with Crippen molar-refractivity contribution in [3.05, 3.63) is 34.9 Å². The third kappa shape index (κ3) is 1.04. The van der Waals surface area contributed by atoms with Crippen LogP contribution in [0.15, 0.2) is 18.2 Å². The SMILES string of the molecule is Cc1ccc2c(c1)CO[C@H]2O. The van der Waals surface area contributed by atoms with Gasteiger partial charge in [0.1, 0.15) is 0 Å². The summed E-state index contributed by atoms with van der Waals surface area (Å²) in [5.74, 6) is 0. The highest BCUT2D eigenvalue weighted by molar-refractivity contribution is 5.33. The molecule has 0 saturated carbocycles. The summed E-state index contributed by atoms with van der Waals surface area (Å²) in [5, 5.41) is 9.25. The van der Waals surface area contributed by atoms with Gasteiger partial charge in [-0.05, 0) is 12.5 Å². The standard InChI is InChI=1S/C9H10O2/c1-6-2-3-8-7(4-6)5-11-9(8)10/h2-4,9-10H,5H2,1H3/t9-/m1/s1. The quantitative estimate of drug-likeness (QED) is 0.607.